The van der Waals surface area contributed by atoms with Crippen LogP contribution in [0.25, 0.3) is 22.4 Å². The number of aryl methyl sites for hydroxylation is 1. The maximum atomic E-state index is 5.79. The third-order valence-electron chi connectivity index (χ3n) is 3.64. The fraction of sp³-hybridized carbons (Fsp3) is 0.333. The van der Waals surface area contributed by atoms with Gasteiger partial charge in [0.25, 0.3) is 0 Å². The van der Waals surface area contributed by atoms with Crippen LogP contribution in [0.5, 0.6) is 0 Å². The second kappa shape index (κ2) is 3.95. The van der Waals surface area contributed by atoms with Crippen molar-refractivity contribution in [2.24, 2.45) is 0 Å². The Labute approximate surface area is 111 Å². The van der Waals surface area contributed by atoms with Gasteiger partial charge in [-0.3, -0.25) is 4.68 Å². The molecule has 0 spiro atoms. The fourth-order valence-electron chi connectivity index (χ4n) is 2.44. The van der Waals surface area contributed by atoms with E-state index in [0.29, 0.717) is 5.92 Å². The van der Waals surface area contributed by atoms with E-state index in [0.717, 1.165) is 34.8 Å². The Hall–Kier alpha value is -2.10. The first-order valence-electron chi connectivity index (χ1n) is 6.78. The molecule has 0 radical (unpaired) electrons. The number of rotatable bonds is 3. The number of hydrogen-bond donors (Lipinski definition) is 0. The van der Waals surface area contributed by atoms with Gasteiger partial charge in [0.2, 0.25) is 0 Å². The highest BCUT2D eigenvalue weighted by atomic mass is 16.3. The molecule has 0 N–H and O–H groups in total. The molecular weight excluding hydrogens is 238 g/mol. The van der Waals surface area contributed by atoms with E-state index in [-0.39, 0.29) is 0 Å². The lowest BCUT2D eigenvalue weighted by Gasteiger charge is -2.03. The summed E-state index contributed by atoms with van der Waals surface area (Å²) in [5, 5.41) is 4.31. The molecule has 4 nitrogen and oxygen atoms in total. The van der Waals surface area contributed by atoms with Crippen LogP contribution in [0.1, 0.15) is 31.6 Å². The predicted molar refractivity (Wildman–Crippen MR) is 72.9 cm³/mol. The van der Waals surface area contributed by atoms with Crippen LogP contribution in [0.4, 0.5) is 0 Å². The minimum absolute atomic E-state index is 0.553. The normalized spacial score (nSPS) is 15.2. The molecule has 0 atom stereocenters. The molecule has 2 aromatic heterocycles. The molecule has 1 fully saturated rings. The van der Waals surface area contributed by atoms with E-state index < -0.39 is 0 Å². The lowest BCUT2D eigenvalue weighted by Crippen LogP contribution is -1.98. The maximum Gasteiger partial charge on any atom is 0.198 e. The number of aromatic nitrogens is 3. The lowest BCUT2D eigenvalue weighted by molar-refractivity contribution is 0.533. The van der Waals surface area contributed by atoms with Crippen molar-refractivity contribution < 1.29 is 4.42 Å². The number of fused-ring (bicyclic) bond motifs is 1. The van der Waals surface area contributed by atoms with E-state index in [1.54, 1.807) is 0 Å². The Morgan fingerprint density at radius 1 is 1.32 bits per heavy atom. The van der Waals surface area contributed by atoms with Crippen molar-refractivity contribution in [3.63, 3.8) is 0 Å². The Morgan fingerprint density at radius 3 is 3.00 bits per heavy atom. The Balaban J connectivity index is 1.82. The lowest BCUT2D eigenvalue weighted by atomic mass is 10.1. The molecule has 19 heavy (non-hydrogen) atoms. The molecule has 2 heterocycles. The summed E-state index contributed by atoms with van der Waals surface area (Å²) in [7, 11) is 0. The van der Waals surface area contributed by atoms with Gasteiger partial charge in [0.15, 0.2) is 11.5 Å². The number of benzene rings is 1. The molecule has 4 rings (SSSR count). The van der Waals surface area contributed by atoms with Crippen molar-refractivity contribution in [3.8, 4) is 11.3 Å². The number of oxazole rings is 1. The van der Waals surface area contributed by atoms with E-state index in [9.17, 15) is 0 Å². The van der Waals surface area contributed by atoms with Crippen LogP contribution in [0.2, 0.25) is 0 Å². The zero-order valence-electron chi connectivity index (χ0n) is 10.8. The van der Waals surface area contributed by atoms with Crippen molar-refractivity contribution in [1.82, 2.24) is 14.8 Å². The van der Waals surface area contributed by atoms with Gasteiger partial charge < -0.3 is 4.42 Å². The Bertz CT molecular complexity index is 737. The van der Waals surface area contributed by atoms with Gasteiger partial charge in [-0.05, 0) is 44.0 Å². The summed E-state index contributed by atoms with van der Waals surface area (Å²) in [6, 6.07) is 8.21. The molecule has 4 heteroatoms. The molecule has 1 aromatic carbocycles. The maximum absolute atomic E-state index is 5.79. The smallest absolute Gasteiger partial charge is 0.198 e. The van der Waals surface area contributed by atoms with Crippen LogP contribution in [0, 0.1) is 0 Å². The molecule has 3 aromatic rings. The molecule has 0 bridgehead atoms. The summed E-state index contributed by atoms with van der Waals surface area (Å²) in [4.78, 5) is 4.60. The molecule has 1 aliphatic carbocycles. The van der Waals surface area contributed by atoms with Crippen molar-refractivity contribution >= 4 is 11.1 Å². The summed E-state index contributed by atoms with van der Waals surface area (Å²) >= 11 is 0. The standard InChI is InChI=1S/C15H15N3O/c1-2-18-13(7-8-16-18)11-5-6-14-12(9-11)17-15(19-14)10-3-4-10/h5-10H,2-4H2,1H3. The van der Waals surface area contributed by atoms with Gasteiger partial charge in [-0.15, -0.1) is 0 Å². The van der Waals surface area contributed by atoms with Crippen molar-refractivity contribution in [2.45, 2.75) is 32.2 Å². The van der Waals surface area contributed by atoms with Gasteiger partial charge in [0, 0.05) is 24.2 Å². The number of nitrogens with zero attached hydrogens (tertiary/aromatic N) is 3. The monoisotopic (exact) mass is 253 g/mol. The average Bonchev–Trinajstić information content (AvgIpc) is 3.03. The molecule has 1 saturated carbocycles. The van der Waals surface area contributed by atoms with E-state index in [4.69, 9.17) is 4.42 Å². The highest BCUT2D eigenvalue weighted by Gasteiger charge is 2.28. The largest absolute Gasteiger partial charge is 0.440 e. The van der Waals surface area contributed by atoms with Gasteiger partial charge >= 0.3 is 0 Å². The average molecular weight is 253 g/mol. The van der Waals surface area contributed by atoms with Crippen LogP contribution in [0.15, 0.2) is 34.9 Å². The second-order valence-corrected chi connectivity index (χ2v) is 5.04. The van der Waals surface area contributed by atoms with E-state index in [2.05, 4.69) is 29.1 Å². The summed E-state index contributed by atoms with van der Waals surface area (Å²) in [6.45, 7) is 2.96. The van der Waals surface area contributed by atoms with Gasteiger partial charge in [0.05, 0.1) is 5.69 Å². The minimum Gasteiger partial charge on any atom is -0.440 e. The zero-order chi connectivity index (χ0) is 12.8. The Morgan fingerprint density at radius 2 is 2.21 bits per heavy atom. The SMILES string of the molecule is CCn1nccc1-c1ccc2oc(C3CC3)nc2c1. The van der Waals surface area contributed by atoms with Crippen LogP contribution < -0.4 is 0 Å². The zero-order valence-corrected chi connectivity index (χ0v) is 10.8. The molecule has 96 valence electrons. The minimum atomic E-state index is 0.553. The molecule has 1 aliphatic rings. The third-order valence-corrected chi connectivity index (χ3v) is 3.64. The summed E-state index contributed by atoms with van der Waals surface area (Å²) < 4.78 is 7.78. The Kier molecular flexibility index (Phi) is 2.24. The summed E-state index contributed by atoms with van der Waals surface area (Å²) in [6.07, 6.45) is 4.26. The van der Waals surface area contributed by atoms with Gasteiger partial charge in [-0.2, -0.15) is 5.10 Å². The van der Waals surface area contributed by atoms with Crippen LogP contribution in [0.3, 0.4) is 0 Å². The molecule has 0 amide bonds. The highest BCUT2D eigenvalue weighted by Crippen LogP contribution is 2.40. The molecule has 0 aliphatic heterocycles. The predicted octanol–water partition coefficient (Wildman–Crippen LogP) is 3.59. The summed E-state index contributed by atoms with van der Waals surface area (Å²) in [5.74, 6) is 1.45. The van der Waals surface area contributed by atoms with E-state index in [1.807, 2.05) is 23.0 Å². The molecular formula is C15H15N3O. The van der Waals surface area contributed by atoms with Crippen molar-refractivity contribution in [3.05, 3.63) is 36.4 Å². The summed E-state index contributed by atoms with van der Waals surface area (Å²) in [5.41, 5.74) is 4.10. The van der Waals surface area contributed by atoms with E-state index >= 15 is 0 Å². The van der Waals surface area contributed by atoms with Crippen molar-refractivity contribution in [1.29, 1.82) is 0 Å². The highest BCUT2D eigenvalue weighted by molar-refractivity contribution is 5.79. The van der Waals surface area contributed by atoms with Crippen LogP contribution in [-0.2, 0) is 6.54 Å². The molecule has 0 unspecified atom stereocenters. The fourth-order valence-corrected chi connectivity index (χ4v) is 2.44. The quantitative estimate of drug-likeness (QED) is 0.716. The van der Waals surface area contributed by atoms with Crippen molar-refractivity contribution in [2.75, 3.05) is 0 Å². The van der Waals surface area contributed by atoms with Gasteiger partial charge in [-0.1, -0.05) is 0 Å². The van der Waals surface area contributed by atoms with Gasteiger partial charge in [0.1, 0.15) is 5.52 Å². The third kappa shape index (κ3) is 1.75. The van der Waals surface area contributed by atoms with E-state index in [1.165, 1.54) is 12.8 Å². The van der Waals surface area contributed by atoms with Gasteiger partial charge in [-0.25, -0.2) is 4.98 Å². The first-order chi connectivity index (χ1) is 9.35. The topological polar surface area (TPSA) is 43.9 Å². The van der Waals surface area contributed by atoms with Crippen LogP contribution >= 0.6 is 0 Å². The molecule has 0 saturated heterocycles. The number of hydrogen-bond acceptors (Lipinski definition) is 3. The first kappa shape index (κ1) is 10.8. The van der Waals surface area contributed by atoms with Crippen LogP contribution in [-0.4, -0.2) is 14.8 Å². The second-order valence-electron chi connectivity index (χ2n) is 5.04. The first-order valence-corrected chi connectivity index (χ1v) is 6.78.